The van der Waals surface area contributed by atoms with E-state index < -0.39 is 53.1 Å². The van der Waals surface area contributed by atoms with Gasteiger partial charge in [0.15, 0.2) is 0 Å². The number of rotatable bonds is 8. The van der Waals surface area contributed by atoms with Gasteiger partial charge in [-0.3, -0.25) is 14.4 Å². The summed E-state index contributed by atoms with van der Waals surface area (Å²) >= 11 is 4.60. The van der Waals surface area contributed by atoms with Crippen molar-refractivity contribution in [3.05, 3.63) is 0 Å². The Bertz CT molecular complexity index is 621. The van der Waals surface area contributed by atoms with Crippen LogP contribution in [-0.4, -0.2) is 82.7 Å². The van der Waals surface area contributed by atoms with Crippen LogP contribution in [0.4, 0.5) is 4.79 Å². The molecule has 4 atom stereocenters. The number of carbonyl (C=O) groups is 4. The van der Waals surface area contributed by atoms with Crippen molar-refractivity contribution in [1.29, 1.82) is 0 Å². The molecule has 0 aliphatic heterocycles. The maximum absolute atomic E-state index is 11.1. The van der Waals surface area contributed by atoms with Gasteiger partial charge in [0, 0.05) is 11.6 Å². The summed E-state index contributed by atoms with van der Waals surface area (Å²) in [5, 5.41) is 17.5. The van der Waals surface area contributed by atoms with Gasteiger partial charge in [-0.1, -0.05) is 0 Å². The van der Waals surface area contributed by atoms with Crippen molar-refractivity contribution in [2.75, 3.05) is 14.2 Å². The molecule has 12 nitrogen and oxygen atoms in total. The normalized spacial score (nSPS) is 13.8. The number of hydrogen-bond acceptors (Lipinski definition) is 10. The third-order valence-corrected chi connectivity index (χ3v) is 3.68. The minimum Gasteiger partial charge on any atom is -0.870 e. The van der Waals surface area contributed by atoms with Crippen LogP contribution in [0.3, 0.4) is 0 Å². The summed E-state index contributed by atoms with van der Waals surface area (Å²) in [5.74, 6) is -3.52. The first-order chi connectivity index (χ1) is 14.7. The third kappa shape index (κ3) is 29.1. The average molecular weight is 542 g/mol. The quantitative estimate of drug-likeness (QED) is 0.209. The molecule has 14 heteroatoms. The van der Waals surface area contributed by atoms with Crippen molar-refractivity contribution >= 4 is 34.9 Å². The molecule has 0 bridgehead atoms. The third-order valence-electron chi connectivity index (χ3n) is 3.53. The van der Waals surface area contributed by atoms with Crippen LogP contribution in [0, 0.1) is 5.92 Å². The Kier molecular flexibility index (Phi) is 26.6. The molecule has 0 saturated heterocycles. The Morgan fingerprint density at radius 1 is 0.829 bits per heavy atom. The standard InChI is InChI=1S/C11H20O5.C8H17NO3.C2H3ClO2.Na.H2O/c1-7(16-11(2,3)4)8(10(13)14)6-9(12)15-5;1-5(6(9)7(10)11)12-8(2,3)4;1-5-2(3)4;;/h7-8H,6H2,1-5H3,(H,13,14);5-6H,9H2,1-4H3,(H,10,11);1H3;;1H2/q;;;+1;/p-1/t7-,8+;5-,6+;;;/m11.../s1. The molecule has 5 N–H and O–H groups in total. The van der Waals surface area contributed by atoms with Gasteiger partial charge in [0.2, 0.25) is 0 Å². The number of carboxylic acids is 2. The minimum atomic E-state index is -1.05. The first-order valence-corrected chi connectivity index (χ1v) is 10.4. The number of aliphatic carboxylic acids is 2. The summed E-state index contributed by atoms with van der Waals surface area (Å²) in [4.78, 5) is 41.8. The minimum absolute atomic E-state index is 0. The van der Waals surface area contributed by atoms with Gasteiger partial charge < -0.3 is 40.4 Å². The van der Waals surface area contributed by atoms with Crippen molar-refractivity contribution in [2.45, 2.75) is 91.3 Å². The van der Waals surface area contributed by atoms with Crippen molar-refractivity contribution < 1.29 is 83.4 Å². The SMILES string of the molecule is COC(=O)C[C@H](C(=O)O)[C@@H](C)OC(C)(C)C.COC(=O)Cl.C[C@@H](OC(C)(C)C)[C@H](N)C(=O)O.[Na+].[OH-]. The number of carbonyl (C=O) groups excluding carboxylic acids is 2. The zero-order valence-electron chi connectivity index (χ0n) is 22.6. The van der Waals surface area contributed by atoms with E-state index in [1.165, 1.54) is 14.2 Å². The molecule has 0 aromatic heterocycles. The molecule has 0 aromatic rings. The van der Waals surface area contributed by atoms with Gasteiger partial charge in [0.1, 0.15) is 6.04 Å². The Balaban J connectivity index is -0.000000140. The van der Waals surface area contributed by atoms with Gasteiger partial charge in [-0.25, -0.2) is 4.79 Å². The molecule has 0 heterocycles. The summed E-state index contributed by atoms with van der Waals surface area (Å²) < 4.78 is 19.2. The molecule has 0 aliphatic carbocycles. The Labute approximate surface area is 234 Å². The van der Waals surface area contributed by atoms with Gasteiger partial charge in [-0.05, 0) is 55.4 Å². The summed E-state index contributed by atoms with van der Waals surface area (Å²) in [5.41, 5.74) is 3.77. The molecule has 0 rings (SSSR count). The zero-order chi connectivity index (χ0) is 27.2. The monoisotopic (exact) mass is 541 g/mol. The second-order valence-electron chi connectivity index (χ2n) is 8.90. The summed E-state index contributed by atoms with van der Waals surface area (Å²) in [6.07, 6.45) is -1.19. The van der Waals surface area contributed by atoms with Crippen LogP contribution in [0.1, 0.15) is 61.8 Å². The molecule has 0 aliphatic rings. The smallest absolute Gasteiger partial charge is 0.870 e. The fourth-order valence-corrected chi connectivity index (χ4v) is 2.19. The average Bonchev–Trinajstić information content (AvgIpc) is 2.62. The van der Waals surface area contributed by atoms with Crippen LogP contribution < -0.4 is 35.3 Å². The molecule has 0 radical (unpaired) electrons. The molecule has 0 spiro atoms. The Hall–Kier alpha value is -0.990. The van der Waals surface area contributed by atoms with E-state index in [1.54, 1.807) is 13.8 Å². The molecule has 0 fully saturated rings. The topological polar surface area (TPSA) is 202 Å². The number of ether oxygens (including phenoxy) is 4. The number of nitrogens with two attached hydrogens (primary N) is 1. The molecule has 204 valence electrons. The molecule has 0 amide bonds. The fraction of sp³-hybridized carbons (Fsp3) is 0.810. The summed E-state index contributed by atoms with van der Waals surface area (Å²) in [7, 11) is 2.45. The second-order valence-corrected chi connectivity index (χ2v) is 9.21. The maximum atomic E-state index is 11.1. The van der Waals surface area contributed by atoms with Crippen molar-refractivity contribution in [2.24, 2.45) is 11.7 Å². The van der Waals surface area contributed by atoms with Gasteiger partial charge in [-0.2, -0.15) is 0 Å². The predicted octanol–water partition coefficient (Wildman–Crippen LogP) is -0.125. The molecular weight excluding hydrogens is 501 g/mol. The molecule has 0 aromatic carbocycles. The van der Waals surface area contributed by atoms with E-state index in [1.807, 2.05) is 41.5 Å². The first-order valence-electron chi connectivity index (χ1n) is 10.1. The summed E-state index contributed by atoms with van der Waals surface area (Å²) in [6, 6.07) is -0.954. The van der Waals surface area contributed by atoms with E-state index in [-0.39, 0.29) is 47.1 Å². The molecule has 0 saturated carbocycles. The van der Waals surface area contributed by atoms with Crippen LogP contribution in [0.15, 0.2) is 0 Å². The van der Waals surface area contributed by atoms with Crippen LogP contribution in [0.2, 0.25) is 0 Å². The number of esters is 1. The van der Waals surface area contributed by atoms with Crippen LogP contribution in [0.25, 0.3) is 0 Å². The van der Waals surface area contributed by atoms with Crippen molar-refractivity contribution in [1.82, 2.24) is 0 Å². The molecular formula is C21H41ClNNaO11. The maximum Gasteiger partial charge on any atom is 1.00 e. The molecule has 35 heavy (non-hydrogen) atoms. The Morgan fingerprint density at radius 3 is 1.40 bits per heavy atom. The fourth-order valence-electron chi connectivity index (χ4n) is 2.19. The van der Waals surface area contributed by atoms with Crippen molar-refractivity contribution in [3.63, 3.8) is 0 Å². The van der Waals surface area contributed by atoms with E-state index in [2.05, 4.69) is 21.1 Å². The number of carboxylic acid groups (broad SMARTS) is 2. The number of methoxy groups -OCH3 is 2. The summed E-state index contributed by atoms with van der Waals surface area (Å²) in [6.45, 7) is 14.4. The second kappa shape index (κ2) is 21.1. The number of hydrogen-bond donors (Lipinski definition) is 3. The van der Waals surface area contributed by atoms with E-state index in [0.717, 1.165) is 0 Å². The van der Waals surface area contributed by atoms with Crippen LogP contribution >= 0.6 is 11.6 Å². The molecule has 0 unspecified atom stereocenters. The van der Waals surface area contributed by atoms with E-state index in [0.29, 0.717) is 0 Å². The van der Waals surface area contributed by atoms with Crippen LogP contribution in [-0.2, 0) is 33.3 Å². The largest absolute Gasteiger partial charge is 1.00 e. The van der Waals surface area contributed by atoms with E-state index in [9.17, 15) is 19.2 Å². The van der Waals surface area contributed by atoms with E-state index >= 15 is 0 Å². The van der Waals surface area contributed by atoms with Gasteiger partial charge in [-0.15, -0.1) is 0 Å². The Morgan fingerprint density at radius 2 is 1.17 bits per heavy atom. The van der Waals surface area contributed by atoms with Crippen LogP contribution in [0.5, 0.6) is 0 Å². The first kappa shape index (κ1) is 44.0. The number of halogens is 1. The predicted molar refractivity (Wildman–Crippen MR) is 124 cm³/mol. The van der Waals surface area contributed by atoms with Gasteiger partial charge in [0.05, 0.1) is 50.0 Å². The van der Waals surface area contributed by atoms with Gasteiger partial charge in [0.25, 0.3) is 0 Å². The van der Waals surface area contributed by atoms with Gasteiger partial charge >= 0.3 is 52.9 Å². The van der Waals surface area contributed by atoms with Crippen molar-refractivity contribution in [3.8, 4) is 0 Å². The zero-order valence-corrected chi connectivity index (χ0v) is 25.3. The van der Waals surface area contributed by atoms with E-state index in [4.69, 9.17) is 25.4 Å².